The number of nitrogens with one attached hydrogen (secondary N) is 1. The van der Waals surface area contributed by atoms with Gasteiger partial charge in [0.15, 0.2) is 0 Å². The summed E-state index contributed by atoms with van der Waals surface area (Å²) >= 11 is 0. The van der Waals surface area contributed by atoms with Gasteiger partial charge in [-0.2, -0.15) is 0 Å². The largest absolute Gasteiger partial charge is 0.378 e. The molecule has 0 aromatic rings. The summed E-state index contributed by atoms with van der Waals surface area (Å²) in [5.74, 6) is 0.302. The fourth-order valence-electron chi connectivity index (χ4n) is 2.44. The van der Waals surface area contributed by atoms with Crippen LogP contribution in [0.2, 0.25) is 0 Å². The monoisotopic (exact) mass is 226 g/mol. The summed E-state index contributed by atoms with van der Waals surface area (Å²) in [4.78, 5) is 13.8. The van der Waals surface area contributed by atoms with Crippen LogP contribution < -0.4 is 5.32 Å². The molecule has 2 saturated heterocycles. The summed E-state index contributed by atoms with van der Waals surface area (Å²) in [7, 11) is 0. The quantitative estimate of drug-likeness (QED) is 0.773. The minimum atomic E-state index is 0.302. The molecule has 2 aliphatic rings. The van der Waals surface area contributed by atoms with Crippen molar-refractivity contribution in [2.45, 2.75) is 38.1 Å². The van der Waals surface area contributed by atoms with E-state index in [4.69, 9.17) is 4.74 Å². The van der Waals surface area contributed by atoms with E-state index in [-0.39, 0.29) is 0 Å². The number of amides is 1. The van der Waals surface area contributed by atoms with E-state index in [1.807, 2.05) is 4.90 Å². The van der Waals surface area contributed by atoms with Crippen molar-refractivity contribution in [3.05, 3.63) is 0 Å². The van der Waals surface area contributed by atoms with Gasteiger partial charge in [-0.3, -0.25) is 4.79 Å². The standard InChI is InChI=1S/C12H22N2O2/c15-12(14-7-9-16-10-8-14)5-4-11-3-1-2-6-13-11/h11,13H,1-10H2. The van der Waals surface area contributed by atoms with Gasteiger partial charge >= 0.3 is 0 Å². The lowest BCUT2D eigenvalue weighted by atomic mass is 10.0. The molecule has 2 aliphatic heterocycles. The minimum absolute atomic E-state index is 0.302. The molecule has 92 valence electrons. The van der Waals surface area contributed by atoms with Gasteiger partial charge in [-0.1, -0.05) is 6.42 Å². The molecule has 1 N–H and O–H groups in total. The van der Waals surface area contributed by atoms with E-state index in [0.717, 1.165) is 26.1 Å². The van der Waals surface area contributed by atoms with Crippen LogP contribution in [0.25, 0.3) is 0 Å². The lowest BCUT2D eigenvalue weighted by Crippen LogP contribution is -2.41. The molecule has 0 spiro atoms. The Balaban J connectivity index is 1.65. The maximum atomic E-state index is 11.9. The van der Waals surface area contributed by atoms with Gasteiger partial charge in [-0.25, -0.2) is 0 Å². The molecule has 0 saturated carbocycles. The molecule has 2 fully saturated rings. The molecule has 2 rings (SSSR count). The zero-order valence-electron chi connectivity index (χ0n) is 9.91. The lowest BCUT2D eigenvalue weighted by molar-refractivity contribution is -0.135. The van der Waals surface area contributed by atoms with E-state index in [1.165, 1.54) is 19.3 Å². The van der Waals surface area contributed by atoms with Crippen molar-refractivity contribution >= 4 is 5.91 Å². The van der Waals surface area contributed by atoms with E-state index < -0.39 is 0 Å². The van der Waals surface area contributed by atoms with Crippen LogP contribution in [0.4, 0.5) is 0 Å². The van der Waals surface area contributed by atoms with Gasteiger partial charge in [0.2, 0.25) is 5.91 Å². The molecule has 4 nitrogen and oxygen atoms in total. The highest BCUT2D eigenvalue weighted by Gasteiger charge is 2.19. The first-order chi connectivity index (χ1) is 7.86. The number of morpholine rings is 1. The maximum absolute atomic E-state index is 11.9. The first kappa shape index (κ1) is 11.9. The number of ether oxygens (including phenoxy) is 1. The normalized spacial score (nSPS) is 26.8. The first-order valence-electron chi connectivity index (χ1n) is 6.45. The van der Waals surface area contributed by atoms with Crippen molar-refractivity contribution in [1.82, 2.24) is 10.2 Å². The Morgan fingerprint density at radius 3 is 2.81 bits per heavy atom. The minimum Gasteiger partial charge on any atom is -0.378 e. The summed E-state index contributed by atoms with van der Waals surface area (Å²) in [6.45, 7) is 4.07. The summed E-state index contributed by atoms with van der Waals surface area (Å²) in [6.07, 6.45) is 5.52. The summed E-state index contributed by atoms with van der Waals surface area (Å²) in [5.41, 5.74) is 0. The summed E-state index contributed by atoms with van der Waals surface area (Å²) in [6, 6.07) is 0.568. The Kier molecular flexibility index (Phi) is 4.60. The van der Waals surface area contributed by atoms with Crippen LogP contribution in [0.5, 0.6) is 0 Å². The van der Waals surface area contributed by atoms with Crippen LogP contribution in [0, 0.1) is 0 Å². The molecule has 0 aliphatic carbocycles. The second kappa shape index (κ2) is 6.21. The fraction of sp³-hybridized carbons (Fsp3) is 0.917. The zero-order valence-corrected chi connectivity index (χ0v) is 9.91. The Morgan fingerprint density at radius 1 is 1.31 bits per heavy atom. The van der Waals surface area contributed by atoms with Crippen molar-refractivity contribution in [2.24, 2.45) is 0 Å². The van der Waals surface area contributed by atoms with Gasteiger partial charge in [0, 0.05) is 25.6 Å². The summed E-state index contributed by atoms with van der Waals surface area (Å²) < 4.78 is 5.24. The molecule has 1 atom stereocenters. The smallest absolute Gasteiger partial charge is 0.222 e. The van der Waals surface area contributed by atoms with E-state index in [0.29, 0.717) is 31.6 Å². The van der Waals surface area contributed by atoms with Crippen molar-refractivity contribution in [3.63, 3.8) is 0 Å². The number of carbonyl (C=O) groups is 1. The second-order valence-electron chi connectivity index (χ2n) is 4.68. The van der Waals surface area contributed by atoms with Gasteiger partial charge in [-0.15, -0.1) is 0 Å². The molecule has 1 amide bonds. The first-order valence-corrected chi connectivity index (χ1v) is 6.45. The van der Waals surface area contributed by atoms with E-state index in [9.17, 15) is 4.79 Å². The third-order valence-electron chi connectivity index (χ3n) is 3.48. The zero-order chi connectivity index (χ0) is 11.2. The average molecular weight is 226 g/mol. The molecule has 0 bridgehead atoms. The predicted octanol–water partition coefficient (Wildman–Crippen LogP) is 0.767. The topological polar surface area (TPSA) is 41.6 Å². The molecular weight excluding hydrogens is 204 g/mol. The number of piperidine rings is 1. The number of carbonyl (C=O) groups excluding carboxylic acids is 1. The molecule has 0 aromatic carbocycles. The van der Waals surface area contributed by atoms with Gasteiger partial charge < -0.3 is 15.0 Å². The van der Waals surface area contributed by atoms with E-state index >= 15 is 0 Å². The molecule has 1 unspecified atom stereocenters. The van der Waals surface area contributed by atoms with Crippen LogP contribution >= 0.6 is 0 Å². The van der Waals surface area contributed by atoms with Crippen LogP contribution in [-0.4, -0.2) is 49.7 Å². The van der Waals surface area contributed by atoms with Crippen LogP contribution in [-0.2, 0) is 9.53 Å². The Labute approximate surface area is 97.3 Å². The number of hydrogen-bond acceptors (Lipinski definition) is 3. The average Bonchev–Trinajstić information content (AvgIpc) is 2.38. The Morgan fingerprint density at radius 2 is 2.12 bits per heavy atom. The van der Waals surface area contributed by atoms with Gasteiger partial charge in [0.25, 0.3) is 0 Å². The van der Waals surface area contributed by atoms with Crippen molar-refractivity contribution < 1.29 is 9.53 Å². The van der Waals surface area contributed by atoms with Crippen LogP contribution in [0.1, 0.15) is 32.1 Å². The third kappa shape index (κ3) is 3.46. The molecule has 0 aromatic heterocycles. The molecule has 0 radical (unpaired) electrons. The van der Waals surface area contributed by atoms with E-state index in [1.54, 1.807) is 0 Å². The molecule has 16 heavy (non-hydrogen) atoms. The number of rotatable bonds is 3. The summed E-state index contributed by atoms with van der Waals surface area (Å²) in [5, 5.41) is 3.48. The van der Waals surface area contributed by atoms with Gasteiger partial charge in [0.05, 0.1) is 13.2 Å². The SMILES string of the molecule is O=C(CCC1CCCCN1)N1CCOCC1. The van der Waals surface area contributed by atoms with Crippen LogP contribution in [0.3, 0.4) is 0 Å². The number of nitrogens with zero attached hydrogens (tertiary/aromatic N) is 1. The molecular formula is C12H22N2O2. The van der Waals surface area contributed by atoms with Crippen LogP contribution in [0.15, 0.2) is 0 Å². The predicted molar refractivity (Wildman–Crippen MR) is 62.3 cm³/mol. The van der Waals surface area contributed by atoms with E-state index in [2.05, 4.69) is 5.32 Å². The van der Waals surface area contributed by atoms with Crippen molar-refractivity contribution in [3.8, 4) is 0 Å². The lowest BCUT2D eigenvalue weighted by Gasteiger charge is -2.28. The van der Waals surface area contributed by atoms with Crippen molar-refractivity contribution in [1.29, 1.82) is 0 Å². The third-order valence-corrected chi connectivity index (χ3v) is 3.48. The molecule has 4 heteroatoms. The fourth-order valence-corrected chi connectivity index (χ4v) is 2.44. The Bertz CT molecular complexity index is 221. The maximum Gasteiger partial charge on any atom is 0.222 e. The van der Waals surface area contributed by atoms with Gasteiger partial charge in [-0.05, 0) is 25.8 Å². The number of hydrogen-bond donors (Lipinski definition) is 1. The molecule has 2 heterocycles. The highest BCUT2D eigenvalue weighted by molar-refractivity contribution is 5.76. The highest BCUT2D eigenvalue weighted by atomic mass is 16.5. The highest BCUT2D eigenvalue weighted by Crippen LogP contribution is 2.13. The van der Waals surface area contributed by atoms with Crippen molar-refractivity contribution in [2.75, 3.05) is 32.8 Å². The Hall–Kier alpha value is -0.610. The van der Waals surface area contributed by atoms with Gasteiger partial charge in [0.1, 0.15) is 0 Å². The second-order valence-corrected chi connectivity index (χ2v) is 4.68.